The van der Waals surface area contributed by atoms with E-state index < -0.39 is 5.69 Å². The number of nitrogens with zero attached hydrogens (tertiary/aromatic N) is 2. The highest BCUT2D eigenvalue weighted by Gasteiger charge is 1.93. The van der Waals surface area contributed by atoms with Crippen LogP contribution in [-0.4, -0.2) is 16.0 Å². The van der Waals surface area contributed by atoms with E-state index >= 15 is 0 Å². The molecule has 5 nitrogen and oxygen atoms in total. The van der Waals surface area contributed by atoms with E-state index in [0.29, 0.717) is 6.41 Å². The average molecular weight is 153 g/mol. The zero-order valence-corrected chi connectivity index (χ0v) is 5.94. The third-order valence-corrected chi connectivity index (χ3v) is 1.18. The quantitative estimate of drug-likeness (QED) is 0.574. The number of aromatic nitrogens is 2. The summed E-state index contributed by atoms with van der Waals surface area (Å²) in [5, 5.41) is 2.27. The van der Waals surface area contributed by atoms with Gasteiger partial charge in [-0.2, -0.15) is 4.98 Å². The lowest BCUT2D eigenvalue weighted by Gasteiger charge is -1.97. The number of nitrogens with one attached hydrogen (secondary N) is 1. The standard InChI is InChI=1S/C6H7N3O2/c1-9-3-2-5(7-4-10)8-6(9)11/h2-4H,1H3,(H,7,8,10,11). The smallest absolute Gasteiger partial charge is 0.313 e. The maximum atomic E-state index is 10.8. The van der Waals surface area contributed by atoms with Gasteiger partial charge in [0.25, 0.3) is 0 Å². The van der Waals surface area contributed by atoms with Crippen LogP contribution in [0.3, 0.4) is 0 Å². The van der Waals surface area contributed by atoms with Crippen molar-refractivity contribution in [3.05, 3.63) is 22.7 Å². The first-order valence-electron chi connectivity index (χ1n) is 2.98. The van der Waals surface area contributed by atoms with E-state index in [4.69, 9.17) is 0 Å². The Kier molecular flexibility index (Phi) is 2.00. The molecule has 0 bridgehead atoms. The minimum Gasteiger partial charge on any atom is -0.313 e. The van der Waals surface area contributed by atoms with E-state index in [1.807, 2.05) is 0 Å². The second kappa shape index (κ2) is 2.96. The molecule has 0 atom stereocenters. The summed E-state index contributed by atoms with van der Waals surface area (Å²) in [6.07, 6.45) is 2.00. The predicted octanol–water partition coefficient (Wildman–Crippen LogP) is -0.651. The Hall–Kier alpha value is -1.65. The van der Waals surface area contributed by atoms with Crippen LogP contribution >= 0.6 is 0 Å². The Morgan fingerprint density at radius 2 is 2.45 bits per heavy atom. The number of hydrogen-bond acceptors (Lipinski definition) is 3. The Balaban J connectivity index is 3.05. The summed E-state index contributed by atoms with van der Waals surface area (Å²) in [6.45, 7) is 0. The number of anilines is 1. The van der Waals surface area contributed by atoms with Crippen LogP contribution < -0.4 is 11.0 Å². The summed E-state index contributed by atoms with van der Waals surface area (Å²) in [6, 6.07) is 1.54. The Bertz CT molecular complexity index is 318. The number of carbonyl (C=O) groups is 1. The zero-order valence-electron chi connectivity index (χ0n) is 5.94. The maximum Gasteiger partial charge on any atom is 0.349 e. The van der Waals surface area contributed by atoms with Crippen molar-refractivity contribution >= 4 is 12.2 Å². The molecule has 0 aliphatic carbocycles. The van der Waals surface area contributed by atoms with Crippen LogP contribution in [0.1, 0.15) is 0 Å². The molecule has 0 aromatic carbocycles. The van der Waals surface area contributed by atoms with Gasteiger partial charge in [0.1, 0.15) is 5.82 Å². The highest BCUT2D eigenvalue weighted by atomic mass is 16.1. The molecule has 0 radical (unpaired) electrons. The largest absolute Gasteiger partial charge is 0.349 e. The van der Waals surface area contributed by atoms with Crippen LogP contribution in [0.15, 0.2) is 17.1 Å². The Morgan fingerprint density at radius 1 is 1.73 bits per heavy atom. The molecule has 1 heterocycles. The van der Waals surface area contributed by atoms with Gasteiger partial charge in [0.15, 0.2) is 0 Å². The van der Waals surface area contributed by atoms with Crippen molar-refractivity contribution in [1.29, 1.82) is 0 Å². The number of rotatable bonds is 2. The fraction of sp³-hybridized carbons (Fsp3) is 0.167. The van der Waals surface area contributed by atoms with Crippen LogP contribution in [0.25, 0.3) is 0 Å². The van der Waals surface area contributed by atoms with Gasteiger partial charge in [0.05, 0.1) is 0 Å². The van der Waals surface area contributed by atoms with Crippen molar-refractivity contribution in [3.63, 3.8) is 0 Å². The molecule has 0 fully saturated rings. The van der Waals surface area contributed by atoms with Crippen LogP contribution in [0, 0.1) is 0 Å². The summed E-state index contributed by atoms with van der Waals surface area (Å²) in [5.74, 6) is 0.267. The van der Waals surface area contributed by atoms with E-state index in [1.54, 1.807) is 7.05 Å². The third-order valence-electron chi connectivity index (χ3n) is 1.18. The van der Waals surface area contributed by atoms with Crippen LogP contribution in [0.4, 0.5) is 5.82 Å². The van der Waals surface area contributed by atoms with E-state index in [0.717, 1.165) is 0 Å². The van der Waals surface area contributed by atoms with Gasteiger partial charge in [0, 0.05) is 13.2 Å². The minimum absolute atomic E-state index is 0.267. The van der Waals surface area contributed by atoms with Crippen molar-refractivity contribution in [2.75, 3.05) is 5.32 Å². The van der Waals surface area contributed by atoms with Crippen molar-refractivity contribution < 1.29 is 4.79 Å². The summed E-state index contributed by atoms with van der Waals surface area (Å²) in [7, 11) is 1.58. The summed E-state index contributed by atoms with van der Waals surface area (Å²) < 4.78 is 1.32. The SMILES string of the molecule is Cn1ccc(NC=O)nc1=O. The van der Waals surface area contributed by atoms with Gasteiger partial charge in [0.2, 0.25) is 6.41 Å². The number of hydrogen-bond donors (Lipinski definition) is 1. The van der Waals surface area contributed by atoms with Crippen molar-refractivity contribution in [2.24, 2.45) is 7.05 Å². The minimum atomic E-state index is -0.392. The molecule has 0 unspecified atom stereocenters. The molecule has 58 valence electrons. The summed E-state index contributed by atoms with van der Waals surface area (Å²) in [5.41, 5.74) is -0.392. The molecular weight excluding hydrogens is 146 g/mol. The van der Waals surface area contributed by atoms with Gasteiger partial charge in [-0.1, -0.05) is 0 Å². The topological polar surface area (TPSA) is 64.0 Å². The highest BCUT2D eigenvalue weighted by Crippen LogP contribution is 1.92. The van der Waals surface area contributed by atoms with Crippen molar-refractivity contribution in [1.82, 2.24) is 9.55 Å². The summed E-state index contributed by atoms with van der Waals surface area (Å²) in [4.78, 5) is 24.2. The van der Waals surface area contributed by atoms with Crippen LogP contribution in [-0.2, 0) is 11.8 Å². The first kappa shape index (κ1) is 7.46. The summed E-state index contributed by atoms with van der Waals surface area (Å²) >= 11 is 0. The molecule has 0 saturated heterocycles. The monoisotopic (exact) mass is 153 g/mol. The number of aryl methyl sites for hydroxylation is 1. The predicted molar refractivity (Wildman–Crippen MR) is 39.2 cm³/mol. The number of amides is 1. The first-order chi connectivity index (χ1) is 5.24. The first-order valence-corrected chi connectivity index (χ1v) is 2.98. The third kappa shape index (κ3) is 1.64. The lowest BCUT2D eigenvalue weighted by atomic mass is 10.6. The molecular formula is C6H7N3O2. The molecule has 0 saturated carbocycles. The Labute approximate surface area is 62.7 Å². The lowest BCUT2D eigenvalue weighted by Crippen LogP contribution is -2.20. The van der Waals surface area contributed by atoms with Gasteiger partial charge in [-0.05, 0) is 6.07 Å². The van der Waals surface area contributed by atoms with Crippen molar-refractivity contribution in [3.8, 4) is 0 Å². The maximum absolute atomic E-state index is 10.8. The van der Waals surface area contributed by atoms with E-state index in [9.17, 15) is 9.59 Å². The molecule has 1 amide bonds. The fourth-order valence-electron chi connectivity index (χ4n) is 0.606. The van der Waals surface area contributed by atoms with Gasteiger partial charge in [-0.25, -0.2) is 4.79 Å². The van der Waals surface area contributed by atoms with Gasteiger partial charge < -0.3 is 9.88 Å². The zero-order chi connectivity index (χ0) is 8.27. The van der Waals surface area contributed by atoms with E-state index in [2.05, 4.69) is 10.3 Å². The molecule has 1 rings (SSSR count). The molecule has 0 spiro atoms. The number of carbonyl (C=O) groups excluding carboxylic acids is 1. The highest BCUT2D eigenvalue weighted by molar-refractivity contribution is 5.68. The van der Waals surface area contributed by atoms with E-state index in [1.165, 1.54) is 16.8 Å². The molecule has 11 heavy (non-hydrogen) atoms. The molecule has 0 aliphatic heterocycles. The van der Waals surface area contributed by atoms with Gasteiger partial charge in [-0.3, -0.25) is 4.79 Å². The second-order valence-electron chi connectivity index (χ2n) is 1.97. The fourth-order valence-corrected chi connectivity index (χ4v) is 0.606. The molecule has 1 N–H and O–H groups in total. The lowest BCUT2D eigenvalue weighted by molar-refractivity contribution is -0.105. The molecule has 0 aliphatic rings. The molecule has 1 aromatic rings. The second-order valence-corrected chi connectivity index (χ2v) is 1.97. The van der Waals surface area contributed by atoms with Crippen LogP contribution in [0.2, 0.25) is 0 Å². The van der Waals surface area contributed by atoms with Gasteiger partial charge in [-0.15, -0.1) is 0 Å². The molecule has 5 heteroatoms. The average Bonchev–Trinajstić information content (AvgIpc) is 1.98. The Morgan fingerprint density at radius 3 is 3.00 bits per heavy atom. The normalized spacial score (nSPS) is 9.18. The van der Waals surface area contributed by atoms with Gasteiger partial charge >= 0.3 is 5.69 Å². The van der Waals surface area contributed by atoms with Crippen molar-refractivity contribution in [2.45, 2.75) is 0 Å². The van der Waals surface area contributed by atoms with E-state index in [-0.39, 0.29) is 5.82 Å². The van der Waals surface area contributed by atoms with Crippen LogP contribution in [0.5, 0.6) is 0 Å². The molecule has 1 aromatic heterocycles.